The van der Waals surface area contributed by atoms with Crippen molar-refractivity contribution in [3.8, 4) is 5.75 Å². The molecule has 5 rings (SSSR count). The molecule has 6 nitrogen and oxygen atoms in total. The highest BCUT2D eigenvalue weighted by Gasteiger charge is 2.59. The molecule has 3 aromatic rings. The first-order chi connectivity index (χ1) is 18.3. The first kappa shape index (κ1) is 26.9. The molecule has 1 aromatic carbocycles. The summed E-state index contributed by atoms with van der Waals surface area (Å²) < 4.78 is 5.94. The zero-order chi connectivity index (χ0) is 27.0. The highest BCUT2D eigenvalue weighted by Crippen LogP contribution is 2.54. The Morgan fingerprint density at radius 1 is 1.08 bits per heavy atom. The number of aliphatic carboxylic acids is 1. The number of carboxylic acid groups (broad SMARTS) is 1. The largest absolute Gasteiger partial charge is 0.497 e. The second kappa shape index (κ2) is 11.2. The second-order valence-corrected chi connectivity index (χ2v) is 12.7. The Bertz CT molecular complexity index is 1340. The van der Waals surface area contributed by atoms with Gasteiger partial charge in [-0.05, 0) is 66.6 Å². The van der Waals surface area contributed by atoms with Crippen molar-refractivity contribution < 1.29 is 24.2 Å². The first-order valence-electron chi connectivity index (χ1n) is 12.8. The molecule has 2 aromatic heterocycles. The van der Waals surface area contributed by atoms with Crippen molar-refractivity contribution in [1.82, 2.24) is 4.90 Å². The molecule has 0 bridgehead atoms. The number of ether oxygens (including phenoxy) is 1. The summed E-state index contributed by atoms with van der Waals surface area (Å²) in [5.41, 5.74) is 1.61. The maximum Gasteiger partial charge on any atom is 0.327 e. The molecule has 38 heavy (non-hydrogen) atoms. The van der Waals surface area contributed by atoms with Gasteiger partial charge in [0, 0.05) is 16.7 Å². The van der Waals surface area contributed by atoms with Crippen molar-refractivity contribution in [3.05, 3.63) is 73.1 Å². The predicted molar refractivity (Wildman–Crippen MR) is 150 cm³/mol. The second-order valence-electron chi connectivity index (χ2n) is 10.1. The van der Waals surface area contributed by atoms with Gasteiger partial charge < -0.3 is 14.7 Å². The number of hydrogen-bond donors (Lipinski definition) is 1. The number of benzene rings is 1. The number of nitrogens with zero attached hydrogens (tertiary/aromatic N) is 1. The zero-order valence-corrected chi connectivity index (χ0v) is 23.7. The van der Waals surface area contributed by atoms with E-state index in [1.54, 1.807) is 42.3 Å². The molecule has 9 heteroatoms. The Hall–Kier alpha value is -2.68. The molecular weight excluding hydrogens is 542 g/mol. The van der Waals surface area contributed by atoms with E-state index in [-0.39, 0.29) is 17.6 Å². The molecule has 1 N–H and O–H groups in total. The normalized spacial score (nSPS) is 23.9. The number of ketones is 1. The quantitative estimate of drug-likeness (QED) is 0.309. The highest BCUT2D eigenvalue weighted by atomic mass is 35.5. The zero-order valence-electron chi connectivity index (χ0n) is 21.3. The number of carbonyl (C=O) groups is 3. The van der Waals surface area contributed by atoms with Crippen LogP contribution in [0.2, 0.25) is 4.34 Å². The molecule has 1 saturated heterocycles. The molecule has 1 amide bonds. The summed E-state index contributed by atoms with van der Waals surface area (Å²) >= 11 is 8.87. The maximum atomic E-state index is 14.3. The lowest BCUT2D eigenvalue weighted by Crippen LogP contribution is -2.46. The molecule has 1 saturated carbocycles. The predicted octanol–water partition coefficient (Wildman–Crippen LogP) is 6.98. The van der Waals surface area contributed by atoms with E-state index in [0.29, 0.717) is 20.5 Å². The van der Waals surface area contributed by atoms with E-state index in [4.69, 9.17) is 16.3 Å². The Morgan fingerprint density at radius 3 is 2.45 bits per heavy atom. The van der Waals surface area contributed by atoms with Crippen LogP contribution in [0.25, 0.3) is 0 Å². The Kier molecular flexibility index (Phi) is 7.93. The van der Waals surface area contributed by atoms with E-state index >= 15 is 0 Å². The molecule has 2 aliphatic rings. The van der Waals surface area contributed by atoms with Gasteiger partial charge in [0.25, 0.3) is 0 Å². The maximum absolute atomic E-state index is 14.3. The number of Topliss-reactive ketones (excluding diaryl/α,β-unsaturated/α-hetero) is 1. The summed E-state index contributed by atoms with van der Waals surface area (Å²) in [4.78, 5) is 44.5. The van der Waals surface area contributed by atoms with Gasteiger partial charge in [-0.15, -0.1) is 22.7 Å². The van der Waals surface area contributed by atoms with Gasteiger partial charge >= 0.3 is 5.97 Å². The van der Waals surface area contributed by atoms with Gasteiger partial charge in [-0.3, -0.25) is 9.59 Å². The smallest absolute Gasteiger partial charge is 0.327 e. The van der Waals surface area contributed by atoms with Gasteiger partial charge in [-0.25, -0.2) is 4.79 Å². The molecule has 4 unspecified atom stereocenters. The van der Waals surface area contributed by atoms with Gasteiger partial charge in [-0.2, -0.15) is 0 Å². The van der Waals surface area contributed by atoms with Crippen LogP contribution in [-0.4, -0.2) is 40.8 Å². The number of halogens is 1. The molecule has 1 aliphatic heterocycles. The Morgan fingerprint density at radius 2 is 1.84 bits per heavy atom. The minimum absolute atomic E-state index is 0.165. The number of carboxylic acids is 1. The van der Waals surface area contributed by atoms with Crippen molar-refractivity contribution in [3.63, 3.8) is 0 Å². The molecular formula is C29H30ClNO5S2. The van der Waals surface area contributed by atoms with E-state index in [0.717, 1.165) is 42.5 Å². The summed E-state index contributed by atoms with van der Waals surface area (Å²) in [6.45, 7) is 1.95. The molecule has 4 atom stereocenters. The molecule has 1 aliphatic carbocycles. The average molecular weight is 572 g/mol. The number of aryl methyl sites for hydroxylation is 1. The number of amides is 1. The topological polar surface area (TPSA) is 83.9 Å². The lowest BCUT2D eigenvalue weighted by molar-refractivity contribution is -0.152. The lowest BCUT2D eigenvalue weighted by atomic mass is 9.78. The standard InChI is InChI=1S/C29H30ClNO5S2/c1-16-13-14-37-27(16)24-23(26(32)20-11-12-21(30)38-20)22(18-9-6-10-19(15-18)36-2)25(29(34)35)31(24)28(33)17-7-4-3-5-8-17/h6,9-15,17,22-25H,3-5,7-8H2,1-2H3,(H,34,35). The van der Waals surface area contributed by atoms with Crippen molar-refractivity contribution in [2.45, 2.75) is 57.0 Å². The van der Waals surface area contributed by atoms with Crippen LogP contribution < -0.4 is 4.74 Å². The SMILES string of the molecule is COc1cccc(C2C(C(=O)c3ccc(Cl)s3)C(c3sccc3C)N(C(=O)C3CCCCC3)C2C(=O)O)c1. The van der Waals surface area contributed by atoms with E-state index in [1.807, 2.05) is 24.4 Å². The fraction of sp³-hybridized carbons (Fsp3) is 0.414. The van der Waals surface area contributed by atoms with Crippen LogP contribution in [0.1, 0.15) is 69.7 Å². The fourth-order valence-corrected chi connectivity index (χ4v) is 8.26. The number of hydrogen-bond acceptors (Lipinski definition) is 6. The van der Waals surface area contributed by atoms with E-state index in [9.17, 15) is 19.5 Å². The third kappa shape index (κ3) is 4.90. The average Bonchev–Trinajstić information content (AvgIpc) is 3.64. The monoisotopic (exact) mass is 571 g/mol. The molecule has 0 spiro atoms. The minimum atomic E-state index is -1.20. The van der Waals surface area contributed by atoms with Crippen LogP contribution in [0.15, 0.2) is 47.8 Å². The van der Waals surface area contributed by atoms with Crippen molar-refractivity contribution in [1.29, 1.82) is 0 Å². The van der Waals surface area contributed by atoms with E-state index in [2.05, 4.69) is 0 Å². The van der Waals surface area contributed by atoms with Crippen molar-refractivity contribution in [2.24, 2.45) is 11.8 Å². The number of likely N-dealkylation sites (tertiary alicyclic amines) is 1. The molecule has 2 fully saturated rings. The summed E-state index contributed by atoms with van der Waals surface area (Å²) in [6.07, 6.45) is 4.44. The van der Waals surface area contributed by atoms with Crippen LogP contribution >= 0.6 is 34.3 Å². The number of thiophene rings is 2. The molecule has 3 heterocycles. The van der Waals surface area contributed by atoms with Gasteiger partial charge in [0.2, 0.25) is 5.91 Å². The number of methoxy groups -OCH3 is 1. The van der Waals surface area contributed by atoms with Crippen LogP contribution in [0, 0.1) is 18.8 Å². The van der Waals surface area contributed by atoms with Gasteiger partial charge in [0.05, 0.1) is 28.3 Å². The first-order valence-corrected chi connectivity index (χ1v) is 14.9. The Labute approximate surface area is 235 Å². The van der Waals surface area contributed by atoms with E-state index in [1.165, 1.54) is 22.7 Å². The third-order valence-electron chi connectivity index (χ3n) is 7.90. The summed E-state index contributed by atoms with van der Waals surface area (Å²) in [7, 11) is 1.55. The fourth-order valence-electron chi connectivity index (χ4n) is 6.15. The van der Waals surface area contributed by atoms with Crippen LogP contribution in [0.5, 0.6) is 5.75 Å². The van der Waals surface area contributed by atoms with Gasteiger partial charge in [0.1, 0.15) is 11.8 Å². The van der Waals surface area contributed by atoms with Crippen LogP contribution in [0.4, 0.5) is 0 Å². The molecule has 200 valence electrons. The Balaban J connectivity index is 1.74. The van der Waals surface area contributed by atoms with Crippen molar-refractivity contribution in [2.75, 3.05) is 7.11 Å². The third-order valence-corrected chi connectivity index (χ3v) is 10.2. The van der Waals surface area contributed by atoms with Crippen molar-refractivity contribution >= 4 is 51.9 Å². The highest BCUT2D eigenvalue weighted by molar-refractivity contribution is 7.18. The van der Waals surface area contributed by atoms with Crippen LogP contribution in [0.3, 0.4) is 0 Å². The summed E-state index contributed by atoms with van der Waals surface area (Å²) in [5, 5.41) is 12.6. The number of rotatable bonds is 7. The van der Waals surface area contributed by atoms with E-state index < -0.39 is 29.9 Å². The number of carbonyl (C=O) groups excluding carboxylic acids is 2. The summed E-state index contributed by atoms with van der Waals surface area (Å²) in [6, 6.07) is 10.6. The van der Waals surface area contributed by atoms with Crippen LogP contribution in [-0.2, 0) is 9.59 Å². The lowest BCUT2D eigenvalue weighted by Gasteiger charge is -2.34. The molecule has 0 radical (unpaired) electrons. The van der Waals surface area contributed by atoms with Gasteiger partial charge in [-0.1, -0.05) is 43.0 Å². The van der Waals surface area contributed by atoms with Gasteiger partial charge in [0.15, 0.2) is 5.78 Å². The summed E-state index contributed by atoms with van der Waals surface area (Å²) in [5.74, 6) is -2.72. The minimum Gasteiger partial charge on any atom is -0.497 e.